The monoisotopic (exact) mass is 431 g/mol. The first-order valence-corrected chi connectivity index (χ1v) is 13.6. The van der Waals surface area contributed by atoms with Gasteiger partial charge in [-0.05, 0) is 54.5 Å². The van der Waals surface area contributed by atoms with Crippen LogP contribution in [-0.4, -0.2) is 41.9 Å². The summed E-state index contributed by atoms with van der Waals surface area (Å²) >= 11 is 1.47. The van der Waals surface area contributed by atoms with Crippen LogP contribution in [-0.2, 0) is 4.43 Å². The van der Waals surface area contributed by atoms with E-state index in [4.69, 9.17) is 9.16 Å². The smallest absolute Gasteiger partial charge is 0.192 e. The molecule has 1 heterocycles. The number of rotatable bonds is 9. The van der Waals surface area contributed by atoms with Gasteiger partial charge < -0.3 is 14.1 Å². The van der Waals surface area contributed by atoms with Crippen LogP contribution in [0.3, 0.4) is 0 Å². The van der Waals surface area contributed by atoms with Gasteiger partial charge in [-0.2, -0.15) is 0 Å². The summed E-state index contributed by atoms with van der Waals surface area (Å²) < 4.78 is 11.9. The fraction of sp³-hybridized carbons (Fsp3) is 0.435. The highest BCUT2D eigenvalue weighted by atomic mass is 32.1. The minimum Gasteiger partial charge on any atom is -0.496 e. The number of likely N-dealkylation sites (N-methyl/N-ethyl adjacent to an activating group) is 1. The standard InChI is InChI=1S/C23H33NO3SSi/c1-23(2,3)29(6,7)27-15-14-24(4)19-10-8-18(22(16-19)26-5)9-11-20-12-13-21(17-25)28-20/h8-13,16-17H,14-15H2,1-7H3. The summed E-state index contributed by atoms with van der Waals surface area (Å²) in [6.07, 6.45) is 4.90. The van der Waals surface area contributed by atoms with Crippen molar-refractivity contribution >= 4 is 43.8 Å². The van der Waals surface area contributed by atoms with E-state index in [1.165, 1.54) is 11.3 Å². The minimum atomic E-state index is -1.72. The van der Waals surface area contributed by atoms with Crippen LogP contribution in [0.25, 0.3) is 12.2 Å². The van der Waals surface area contributed by atoms with E-state index in [1.54, 1.807) is 7.11 Å². The van der Waals surface area contributed by atoms with Crippen molar-refractivity contribution in [2.75, 3.05) is 32.2 Å². The average molecular weight is 432 g/mol. The fourth-order valence-electron chi connectivity index (χ4n) is 2.55. The Bertz CT molecular complexity index is 852. The maximum atomic E-state index is 10.8. The van der Waals surface area contributed by atoms with Gasteiger partial charge in [0, 0.05) is 35.8 Å². The number of hydrogen-bond acceptors (Lipinski definition) is 5. The number of ether oxygens (including phenoxy) is 1. The van der Waals surface area contributed by atoms with Gasteiger partial charge in [0.25, 0.3) is 0 Å². The minimum absolute atomic E-state index is 0.220. The second-order valence-electron chi connectivity index (χ2n) is 8.65. The predicted molar refractivity (Wildman–Crippen MR) is 128 cm³/mol. The summed E-state index contributed by atoms with van der Waals surface area (Å²) in [4.78, 5) is 14.8. The lowest BCUT2D eigenvalue weighted by Crippen LogP contribution is -2.42. The van der Waals surface area contributed by atoms with Crippen LogP contribution in [0.15, 0.2) is 30.3 Å². The van der Waals surface area contributed by atoms with Gasteiger partial charge in [-0.25, -0.2) is 0 Å². The Hall–Kier alpha value is -1.89. The number of anilines is 1. The quantitative estimate of drug-likeness (QED) is 0.350. The number of methoxy groups -OCH3 is 1. The molecule has 158 valence electrons. The molecule has 0 saturated heterocycles. The van der Waals surface area contributed by atoms with E-state index < -0.39 is 8.32 Å². The highest BCUT2D eigenvalue weighted by Gasteiger charge is 2.36. The summed E-state index contributed by atoms with van der Waals surface area (Å²) in [5.41, 5.74) is 2.10. The number of benzene rings is 1. The van der Waals surface area contributed by atoms with Gasteiger partial charge in [0.2, 0.25) is 0 Å². The van der Waals surface area contributed by atoms with E-state index in [-0.39, 0.29) is 5.04 Å². The molecule has 2 aromatic rings. The van der Waals surface area contributed by atoms with Gasteiger partial charge in [-0.15, -0.1) is 11.3 Å². The van der Waals surface area contributed by atoms with Gasteiger partial charge in [0.05, 0.1) is 18.6 Å². The van der Waals surface area contributed by atoms with Crippen molar-refractivity contribution < 1.29 is 14.0 Å². The lowest BCUT2D eigenvalue weighted by Gasteiger charge is -2.36. The summed E-state index contributed by atoms with van der Waals surface area (Å²) in [7, 11) is 2.04. The Labute approximate surface area is 180 Å². The van der Waals surface area contributed by atoms with Gasteiger partial charge in [-0.3, -0.25) is 4.79 Å². The summed E-state index contributed by atoms with van der Waals surface area (Å²) in [6.45, 7) is 12.9. The molecule has 0 aliphatic heterocycles. The first-order valence-electron chi connectivity index (χ1n) is 9.83. The largest absolute Gasteiger partial charge is 0.496 e. The Balaban J connectivity index is 2.04. The van der Waals surface area contributed by atoms with Crippen molar-refractivity contribution in [1.82, 2.24) is 0 Å². The van der Waals surface area contributed by atoms with Crippen LogP contribution in [0.2, 0.25) is 18.1 Å². The molecule has 0 amide bonds. The van der Waals surface area contributed by atoms with E-state index in [0.717, 1.165) is 39.6 Å². The maximum Gasteiger partial charge on any atom is 0.192 e. The molecule has 6 heteroatoms. The van der Waals surface area contributed by atoms with Gasteiger partial charge in [-0.1, -0.05) is 20.8 Å². The Morgan fingerprint density at radius 3 is 2.38 bits per heavy atom. The number of aldehydes is 1. The van der Waals surface area contributed by atoms with Crippen molar-refractivity contribution in [3.63, 3.8) is 0 Å². The van der Waals surface area contributed by atoms with E-state index in [1.807, 2.05) is 24.3 Å². The first-order chi connectivity index (χ1) is 13.6. The van der Waals surface area contributed by atoms with Crippen molar-refractivity contribution in [1.29, 1.82) is 0 Å². The van der Waals surface area contributed by atoms with Crippen molar-refractivity contribution in [3.8, 4) is 5.75 Å². The van der Waals surface area contributed by atoms with Crippen LogP contribution in [0.1, 0.15) is 40.9 Å². The Kier molecular flexibility index (Phi) is 7.85. The molecule has 1 aromatic heterocycles. The maximum absolute atomic E-state index is 10.8. The number of carbonyl (C=O) groups is 1. The van der Waals surface area contributed by atoms with Crippen LogP contribution >= 0.6 is 11.3 Å². The predicted octanol–water partition coefficient (Wildman–Crippen LogP) is 6.20. The van der Waals surface area contributed by atoms with Crippen molar-refractivity contribution in [2.24, 2.45) is 0 Å². The average Bonchev–Trinajstić information content (AvgIpc) is 3.13. The molecule has 0 atom stereocenters. The zero-order valence-corrected chi connectivity index (χ0v) is 20.4. The van der Waals surface area contributed by atoms with E-state index in [9.17, 15) is 4.79 Å². The van der Waals surface area contributed by atoms with Crippen molar-refractivity contribution in [3.05, 3.63) is 45.6 Å². The third-order valence-electron chi connectivity index (χ3n) is 5.54. The molecule has 4 nitrogen and oxygen atoms in total. The zero-order valence-electron chi connectivity index (χ0n) is 18.6. The second kappa shape index (κ2) is 9.74. The topological polar surface area (TPSA) is 38.8 Å². The van der Waals surface area contributed by atoms with Crippen LogP contribution in [0.5, 0.6) is 5.75 Å². The van der Waals surface area contributed by atoms with Crippen LogP contribution in [0.4, 0.5) is 5.69 Å². The fourth-order valence-corrected chi connectivity index (χ4v) is 4.31. The molecule has 0 fully saturated rings. The Morgan fingerprint density at radius 1 is 1.10 bits per heavy atom. The second-order valence-corrected chi connectivity index (χ2v) is 14.6. The molecule has 1 aromatic carbocycles. The van der Waals surface area contributed by atoms with E-state index in [2.05, 4.69) is 64.0 Å². The third-order valence-corrected chi connectivity index (χ3v) is 11.1. The highest BCUT2D eigenvalue weighted by molar-refractivity contribution is 7.14. The molecule has 0 aliphatic carbocycles. The SMILES string of the molecule is COc1cc(N(C)CCO[Si](C)(C)C(C)(C)C)ccc1C=Cc1ccc(C=O)s1. The molecule has 2 rings (SSSR count). The van der Waals surface area contributed by atoms with Gasteiger partial charge >= 0.3 is 0 Å². The van der Waals surface area contributed by atoms with Crippen LogP contribution < -0.4 is 9.64 Å². The third kappa shape index (κ3) is 6.29. The molecule has 29 heavy (non-hydrogen) atoms. The molecule has 0 spiro atoms. The molecule has 0 bridgehead atoms. The molecular weight excluding hydrogens is 398 g/mol. The first kappa shape index (κ1) is 23.4. The zero-order chi connectivity index (χ0) is 21.7. The van der Waals surface area contributed by atoms with E-state index in [0.29, 0.717) is 6.61 Å². The molecule has 0 aliphatic rings. The molecule has 0 radical (unpaired) electrons. The number of nitrogens with zero attached hydrogens (tertiary/aromatic N) is 1. The van der Waals surface area contributed by atoms with Crippen LogP contribution in [0, 0.1) is 0 Å². The normalized spacial score (nSPS) is 12.4. The van der Waals surface area contributed by atoms with Gasteiger partial charge in [0.1, 0.15) is 5.75 Å². The number of hydrogen-bond donors (Lipinski definition) is 0. The van der Waals surface area contributed by atoms with Gasteiger partial charge in [0.15, 0.2) is 14.6 Å². The highest BCUT2D eigenvalue weighted by Crippen LogP contribution is 2.36. The number of carbonyl (C=O) groups excluding carboxylic acids is 1. The summed E-state index contributed by atoms with van der Waals surface area (Å²) in [5.74, 6) is 0.822. The van der Waals surface area contributed by atoms with E-state index >= 15 is 0 Å². The number of thiophene rings is 1. The summed E-state index contributed by atoms with van der Waals surface area (Å²) in [6, 6.07) is 9.99. The van der Waals surface area contributed by atoms with Crippen molar-refractivity contribution in [2.45, 2.75) is 38.9 Å². The molecule has 0 saturated carbocycles. The summed E-state index contributed by atoms with van der Waals surface area (Å²) in [5, 5.41) is 0.220. The lowest BCUT2D eigenvalue weighted by atomic mass is 10.1. The molecule has 0 unspecified atom stereocenters. The molecule has 0 N–H and O–H groups in total. The lowest BCUT2D eigenvalue weighted by molar-refractivity contribution is 0.112. The Morgan fingerprint density at radius 2 is 1.79 bits per heavy atom. The molecular formula is C23H33NO3SSi.